The van der Waals surface area contributed by atoms with Crippen LogP contribution >= 0.6 is 0 Å². The standard InChI is InChI=1S/C13H17NO2/c14-12-6-2-5-11(12)13(16)8-9-3-1-4-10(15)7-9/h1,3-4,7,11-12,15H,2,5-6,8,14H2. The first kappa shape index (κ1) is 11.1. The normalized spacial score (nSPS) is 24.6. The lowest BCUT2D eigenvalue weighted by molar-refractivity contribution is -0.122. The molecule has 1 saturated carbocycles. The number of hydrogen-bond donors (Lipinski definition) is 2. The Morgan fingerprint density at radius 3 is 2.88 bits per heavy atom. The van der Waals surface area contributed by atoms with Crippen molar-refractivity contribution in [2.75, 3.05) is 0 Å². The van der Waals surface area contributed by atoms with Crippen LogP contribution < -0.4 is 5.73 Å². The second-order valence-corrected chi connectivity index (χ2v) is 4.51. The molecule has 1 aliphatic rings. The molecule has 3 nitrogen and oxygen atoms in total. The zero-order chi connectivity index (χ0) is 11.5. The molecule has 0 aromatic heterocycles. The lowest BCUT2D eigenvalue weighted by atomic mass is 9.94. The molecule has 2 atom stereocenters. The van der Waals surface area contributed by atoms with Gasteiger partial charge in [-0.1, -0.05) is 18.6 Å². The van der Waals surface area contributed by atoms with Gasteiger partial charge in [0.25, 0.3) is 0 Å². The van der Waals surface area contributed by atoms with Crippen molar-refractivity contribution in [3.63, 3.8) is 0 Å². The molecule has 3 N–H and O–H groups in total. The van der Waals surface area contributed by atoms with Gasteiger partial charge in [0.15, 0.2) is 0 Å². The summed E-state index contributed by atoms with van der Waals surface area (Å²) in [5.74, 6) is 0.430. The summed E-state index contributed by atoms with van der Waals surface area (Å²) in [5.41, 5.74) is 6.76. The van der Waals surface area contributed by atoms with E-state index in [-0.39, 0.29) is 23.5 Å². The predicted molar refractivity (Wildman–Crippen MR) is 62.1 cm³/mol. The monoisotopic (exact) mass is 219 g/mol. The summed E-state index contributed by atoms with van der Waals surface area (Å²) in [6.45, 7) is 0. The van der Waals surface area contributed by atoms with Gasteiger partial charge in [0.1, 0.15) is 11.5 Å². The Balaban J connectivity index is 2.02. The van der Waals surface area contributed by atoms with Crippen LogP contribution in [0.15, 0.2) is 24.3 Å². The first-order valence-corrected chi connectivity index (χ1v) is 5.73. The van der Waals surface area contributed by atoms with Crippen molar-refractivity contribution in [1.82, 2.24) is 0 Å². The lowest BCUT2D eigenvalue weighted by Gasteiger charge is -2.13. The number of Topliss-reactive ketones (excluding diaryl/α,β-unsaturated/α-hetero) is 1. The third kappa shape index (κ3) is 2.42. The second-order valence-electron chi connectivity index (χ2n) is 4.51. The van der Waals surface area contributed by atoms with Crippen LogP contribution in [0.25, 0.3) is 0 Å². The SMILES string of the molecule is NC1CCCC1C(=O)Cc1cccc(O)c1. The van der Waals surface area contributed by atoms with E-state index in [2.05, 4.69) is 0 Å². The fraction of sp³-hybridized carbons (Fsp3) is 0.462. The van der Waals surface area contributed by atoms with Gasteiger partial charge in [-0.15, -0.1) is 0 Å². The number of phenolic OH excluding ortho intramolecular Hbond substituents is 1. The Morgan fingerprint density at radius 1 is 1.44 bits per heavy atom. The van der Waals surface area contributed by atoms with Crippen LogP contribution in [0.3, 0.4) is 0 Å². The average Bonchev–Trinajstić information content (AvgIpc) is 2.64. The summed E-state index contributed by atoms with van der Waals surface area (Å²) in [4.78, 5) is 12.0. The van der Waals surface area contributed by atoms with Crippen molar-refractivity contribution in [2.24, 2.45) is 11.7 Å². The van der Waals surface area contributed by atoms with Crippen LogP contribution in [-0.2, 0) is 11.2 Å². The van der Waals surface area contributed by atoms with E-state index in [0.717, 1.165) is 24.8 Å². The van der Waals surface area contributed by atoms with E-state index in [4.69, 9.17) is 5.73 Å². The maximum absolute atomic E-state index is 12.0. The molecule has 1 aromatic carbocycles. The van der Waals surface area contributed by atoms with Gasteiger partial charge in [-0.05, 0) is 30.5 Å². The molecule has 1 aromatic rings. The predicted octanol–water partition coefficient (Wildman–Crippen LogP) is 1.63. The number of rotatable bonds is 3. The number of ketones is 1. The lowest BCUT2D eigenvalue weighted by Crippen LogP contribution is -2.31. The van der Waals surface area contributed by atoms with Crippen molar-refractivity contribution in [2.45, 2.75) is 31.7 Å². The minimum atomic E-state index is 0.0161. The molecule has 1 fully saturated rings. The van der Waals surface area contributed by atoms with E-state index >= 15 is 0 Å². The van der Waals surface area contributed by atoms with Gasteiger partial charge in [0.05, 0.1) is 0 Å². The molecule has 2 unspecified atom stereocenters. The summed E-state index contributed by atoms with van der Waals surface area (Å²) in [5, 5.41) is 9.31. The number of benzene rings is 1. The second kappa shape index (κ2) is 4.66. The molecule has 0 bridgehead atoms. The quantitative estimate of drug-likeness (QED) is 0.812. The molecule has 16 heavy (non-hydrogen) atoms. The molecule has 0 heterocycles. The van der Waals surface area contributed by atoms with Crippen LogP contribution in [0.1, 0.15) is 24.8 Å². The highest BCUT2D eigenvalue weighted by atomic mass is 16.3. The van der Waals surface area contributed by atoms with Crippen LogP contribution in [-0.4, -0.2) is 16.9 Å². The Kier molecular flexibility index (Phi) is 3.25. The highest BCUT2D eigenvalue weighted by Crippen LogP contribution is 2.26. The van der Waals surface area contributed by atoms with Crippen LogP contribution in [0.5, 0.6) is 5.75 Å². The number of hydrogen-bond acceptors (Lipinski definition) is 3. The molecule has 3 heteroatoms. The molecule has 86 valence electrons. The van der Waals surface area contributed by atoms with Crippen LogP contribution in [0, 0.1) is 5.92 Å². The Hall–Kier alpha value is -1.35. The van der Waals surface area contributed by atoms with Crippen molar-refractivity contribution in [3.8, 4) is 5.75 Å². The topological polar surface area (TPSA) is 63.3 Å². The van der Waals surface area contributed by atoms with E-state index in [1.165, 1.54) is 0 Å². The highest BCUT2D eigenvalue weighted by molar-refractivity contribution is 5.84. The third-order valence-electron chi connectivity index (χ3n) is 3.27. The Morgan fingerprint density at radius 2 is 2.25 bits per heavy atom. The van der Waals surface area contributed by atoms with Crippen molar-refractivity contribution in [1.29, 1.82) is 0 Å². The van der Waals surface area contributed by atoms with Gasteiger partial charge in [-0.3, -0.25) is 4.79 Å². The van der Waals surface area contributed by atoms with Gasteiger partial charge in [0, 0.05) is 18.4 Å². The maximum Gasteiger partial charge on any atom is 0.141 e. The summed E-state index contributed by atoms with van der Waals surface area (Å²) in [6, 6.07) is 6.89. The molecular weight excluding hydrogens is 202 g/mol. The highest BCUT2D eigenvalue weighted by Gasteiger charge is 2.29. The van der Waals surface area contributed by atoms with Gasteiger partial charge in [0.2, 0.25) is 0 Å². The Labute approximate surface area is 95.3 Å². The summed E-state index contributed by atoms with van der Waals surface area (Å²) in [7, 11) is 0. The average molecular weight is 219 g/mol. The zero-order valence-corrected chi connectivity index (χ0v) is 9.23. The van der Waals surface area contributed by atoms with E-state index in [1.54, 1.807) is 18.2 Å². The van der Waals surface area contributed by atoms with Crippen molar-refractivity contribution >= 4 is 5.78 Å². The molecule has 2 rings (SSSR count). The van der Waals surface area contributed by atoms with E-state index in [9.17, 15) is 9.90 Å². The number of nitrogens with two attached hydrogens (primary N) is 1. The minimum absolute atomic E-state index is 0.0161. The first-order chi connectivity index (χ1) is 7.66. The molecule has 0 aliphatic heterocycles. The summed E-state index contributed by atoms with van der Waals surface area (Å²) in [6.07, 6.45) is 3.31. The fourth-order valence-electron chi connectivity index (χ4n) is 2.39. The van der Waals surface area contributed by atoms with Gasteiger partial charge >= 0.3 is 0 Å². The van der Waals surface area contributed by atoms with Crippen LogP contribution in [0.4, 0.5) is 0 Å². The van der Waals surface area contributed by atoms with Gasteiger partial charge < -0.3 is 10.8 Å². The summed E-state index contributed by atoms with van der Waals surface area (Å²) >= 11 is 0. The van der Waals surface area contributed by atoms with Crippen molar-refractivity contribution < 1.29 is 9.90 Å². The Bertz CT molecular complexity index is 389. The number of aromatic hydroxyl groups is 1. The largest absolute Gasteiger partial charge is 0.508 e. The first-order valence-electron chi connectivity index (χ1n) is 5.73. The molecule has 0 saturated heterocycles. The van der Waals surface area contributed by atoms with Crippen molar-refractivity contribution in [3.05, 3.63) is 29.8 Å². The van der Waals surface area contributed by atoms with E-state index in [0.29, 0.717) is 6.42 Å². The van der Waals surface area contributed by atoms with Crippen LogP contribution in [0.2, 0.25) is 0 Å². The maximum atomic E-state index is 12.0. The number of carbonyl (C=O) groups is 1. The molecule has 0 spiro atoms. The number of carbonyl (C=O) groups excluding carboxylic acids is 1. The van der Waals surface area contributed by atoms with E-state index in [1.807, 2.05) is 6.07 Å². The minimum Gasteiger partial charge on any atom is -0.508 e. The molecular formula is C13H17NO2. The molecule has 1 aliphatic carbocycles. The summed E-state index contributed by atoms with van der Waals surface area (Å²) < 4.78 is 0. The smallest absolute Gasteiger partial charge is 0.141 e. The third-order valence-corrected chi connectivity index (χ3v) is 3.27. The molecule has 0 amide bonds. The van der Waals surface area contributed by atoms with Gasteiger partial charge in [-0.2, -0.15) is 0 Å². The fourth-order valence-corrected chi connectivity index (χ4v) is 2.39. The zero-order valence-electron chi connectivity index (χ0n) is 9.23. The van der Waals surface area contributed by atoms with Gasteiger partial charge in [-0.25, -0.2) is 0 Å². The number of phenols is 1. The van der Waals surface area contributed by atoms with E-state index < -0.39 is 0 Å². The molecule has 0 radical (unpaired) electrons.